The van der Waals surface area contributed by atoms with Crippen LogP contribution in [-0.4, -0.2) is 26.5 Å². The number of amides is 1. The molecule has 1 amide bonds. The molecule has 0 aliphatic heterocycles. The van der Waals surface area contributed by atoms with Crippen LogP contribution < -0.4 is 10.9 Å². The Balaban J connectivity index is 2.04. The Morgan fingerprint density at radius 2 is 1.85 bits per heavy atom. The van der Waals surface area contributed by atoms with Crippen molar-refractivity contribution in [2.75, 3.05) is 5.32 Å². The summed E-state index contributed by atoms with van der Waals surface area (Å²) in [6.45, 7) is -0.581. The molecule has 1 aromatic heterocycles. The van der Waals surface area contributed by atoms with Gasteiger partial charge in [0.25, 0.3) is 11.5 Å². The largest absolute Gasteiger partial charge is 0.480 e. The van der Waals surface area contributed by atoms with Gasteiger partial charge in [-0.15, -0.1) is 0 Å². The van der Waals surface area contributed by atoms with Crippen molar-refractivity contribution in [2.45, 2.75) is 6.54 Å². The molecule has 136 valence electrons. The van der Waals surface area contributed by atoms with Crippen LogP contribution in [0.15, 0.2) is 70.1 Å². The van der Waals surface area contributed by atoms with Gasteiger partial charge in [0.1, 0.15) is 18.1 Å². The number of aromatic nitrogens is 2. The highest BCUT2D eigenvalue weighted by Gasteiger charge is 2.16. The quantitative estimate of drug-likeness (QED) is 0.651. The van der Waals surface area contributed by atoms with Gasteiger partial charge in [0.15, 0.2) is 0 Å². The number of nitrogens with one attached hydrogen (secondary N) is 1. The number of anilines is 1. The van der Waals surface area contributed by atoms with Gasteiger partial charge >= 0.3 is 5.97 Å². The maximum Gasteiger partial charge on any atom is 0.323 e. The van der Waals surface area contributed by atoms with Gasteiger partial charge in [0, 0.05) is 15.6 Å². The van der Waals surface area contributed by atoms with Crippen molar-refractivity contribution < 1.29 is 14.7 Å². The number of aliphatic carboxylic acids is 1. The van der Waals surface area contributed by atoms with E-state index in [0.717, 1.165) is 9.04 Å². The average molecular weight is 428 g/mol. The zero-order valence-corrected chi connectivity index (χ0v) is 15.5. The summed E-state index contributed by atoms with van der Waals surface area (Å²) in [6, 6.07) is 15.4. The van der Waals surface area contributed by atoms with Gasteiger partial charge in [-0.25, -0.2) is 4.98 Å². The summed E-state index contributed by atoms with van der Waals surface area (Å²) in [6.07, 6.45) is 1.23. The molecule has 0 saturated heterocycles. The second-order valence-electron chi connectivity index (χ2n) is 5.61. The first-order valence-electron chi connectivity index (χ1n) is 7.89. The van der Waals surface area contributed by atoms with Gasteiger partial charge in [0.05, 0.1) is 6.20 Å². The van der Waals surface area contributed by atoms with Crippen LogP contribution >= 0.6 is 15.9 Å². The molecule has 8 heteroatoms. The van der Waals surface area contributed by atoms with Gasteiger partial charge in [-0.1, -0.05) is 46.3 Å². The van der Waals surface area contributed by atoms with Gasteiger partial charge < -0.3 is 10.4 Å². The van der Waals surface area contributed by atoms with Crippen molar-refractivity contribution in [3.63, 3.8) is 0 Å². The van der Waals surface area contributed by atoms with E-state index in [0.29, 0.717) is 11.1 Å². The van der Waals surface area contributed by atoms with Gasteiger partial charge in [-0.3, -0.25) is 19.0 Å². The minimum absolute atomic E-state index is 0.0937. The molecule has 0 unspecified atom stereocenters. The van der Waals surface area contributed by atoms with E-state index >= 15 is 0 Å². The lowest BCUT2D eigenvalue weighted by molar-refractivity contribution is -0.137. The fraction of sp³-hybridized carbons (Fsp3) is 0.0526. The zero-order chi connectivity index (χ0) is 19.4. The van der Waals surface area contributed by atoms with Crippen molar-refractivity contribution in [1.82, 2.24) is 9.55 Å². The second kappa shape index (κ2) is 7.96. The maximum atomic E-state index is 12.8. The molecule has 0 atom stereocenters. The lowest BCUT2D eigenvalue weighted by Crippen LogP contribution is -2.30. The number of hydrogen-bond donors (Lipinski definition) is 2. The molecule has 0 radical (unpaired) electrons. The molecule has 7 nitrogen and oxygen atoms in total. The molecule has 2 aromatic carbocycles. The van der Waals surface area contributed by atoms with E-state index in [1.807, 2.05) is 0 Å². The predicted molar refractivity (Wildman–Crippen MR) is 104 cm³/mol. The normalized spacial score (nSPS) is 10.4. The first-order chi connectivity index (χ1) is 13.0. The van der Waals surface area contributed by atoms with Crippen molar-refractivity contribution in [3.05, 3.63) is 81.2 Å². The van der Waals surface area contributed by atoms with Crippen molar-refractivity contribution in [3.8, 4) is 11.4 Å². The summed E-state index contributed by atoms with van der Waals surface area (Å²) in [5, 5.41) is 11.7. The molecule has 3 rings (SSSR count). The molecule has 0 fully saturated rings. The molecule has 2 N–H and O–H groups in total. The van der Waals surface area contributed by atoms with Crippen molar-refractivity contribution in [1.29, 1.82) is 0 Å². The van der Waals surface area contributed by atoms with Crippen LogP contribution in [0.2, 0.25) is 0 Å². The summed E-state index contributed by atoms with van der Waals surface area (Å²) in [5.74, 6) is -1.48. The Labute approximate surface area is 162 Å². The Hall–Kier alpha value is -3.26. The summed E-state index contributed by atoms with van der Waals surface area (Å²) in [4.78, 5) is 40.5. The molecule has 27 heavy (non-hydrogen) atoms. The van der Waals surface area contributed by atoms with E-state index in [1.54, 1.807) is 54.6 Å². The third-order valence-corrected chi connectivity index (χ3v) is 4.20. The highest BCUT2D eigenvalue weighted by Crippen LogP contribution is 2.21. The molecule has 0 spiro atoms. The molecule has 0 aliphatic rings. The van der Waals surface area contributed by atoms with Crippen molar-refractivity contribution in [2.24, 2.45) is 0 Å². The van der Waals surface area contributed by atoms with Gasteiger partial charge in [-0.2, -0.15) is 0 Å². The van der Waals surface area contributed by atoms with E-state index in [-0.39, 0.29) is 11.5 Å². The van der Waals surface area contributed by atoms with E-state index in [9.17, 15) is 19.5 Å². The summed E-state index contributed by atoms with van der Waals surface area (Å²) < 4.78 is 1.78. The van der Waals surface area contributed by atoms with Crippen molar-refractivity contribution >= 4 is 33.5 Å². The lowest BCUT2D eigenvalue weighted by Gasteiger charge is -2.13. The number of rotatable bonds is 5. The standard InChI is InChI=1S/C19H14BrN3O4/c20-14-8-4-7-13(9-14)17-21-10-15(19(27)23(17)11-16(24)25)22-18(26)12-5-2-1-3-6-12/h1-10H,11H2,(H,22,26)(H,24,25). The predicted octanol–water partition coefficient (Wildman–Crippen LogP) is 3.01. The van der Waals surface area contributed by atoms with E-state index in [4.69, 9.17) is 0 Å². The van der Waals surface area contributed by atoms with Crippen LogP contribution in [0.3, 0.4) is 0 Å². The first-order valence-corrected chi connectivity index (χ1v) is 8.69. The Morgan fingerprint density at radius 1 is 1.11 bits per heavy atom. The van der Waals surface area contributed by atoms with E-state index in [1.165, 1.54) is 6.20 Å². The molecule has 1 heterocycles. The molecule has 0 saturated carbocycles. The first kappa shape index (κ1) is 18.5. The van der Waals surface area contributed by atoms with Gasteiger partial charge in [-0.05, 0) is 24.3 Å². The van der Waals surface area contributed by atoms with Crippen LogP contribution in [0.25, 0.3) is 11.4 Å². The number of hydrogen-bond acceptors (Lipinski definition) is 4. The van der Waals surface area contributed by atoms with E-state index < -0.39 is 24.0 Å². The lowest BCUT2D eigenvalue weighted by atomic mass is 10.2. The molecule has 0 aliphatic carbocycles. The smallest absolute Gasteiger partial charge is 0.323 e. The summed E-state index contributed by atoms with van der Waals surface area (Å²) >= 11 is 3.34. The fourth-order valence-corrected chi connectivity index (χ4v) is 2.90. The summed E-state index contributed by atoms with van der Waals surface area (Å²) in [5.41, 5.74) is 0.205. The zero-order valence-electron chi connectivity index (χ0n) is 13.9. The Kier molecular flexibility index (Phi) is 5.46. The Morgan fingerprint density at radius 3 is 2.52 bits per heavy atom. The average Bonchev–Trinajstić information content (AvgIpc) is 2.65. The molecule has 0 bridgehead atoms. The summed E-state index contributed by atoms with van der Waals surface area (Å²) in [7, 11) is 0. The Bertz CT molecular complexity index is 1060. The minimum atomic E-state index is -1.19. The second-order valence-corrected chi connectivity index (χ2v) is 6.53. The number of carbonyl (C=O) groups is 2. The van der Waals surface area contributed by atoms with Crippen LogP contribution in [0, 0.1) is 0 Å². The SMILES string of the molecule is O=C(O)Cn1c(-c2cccc(Br)c2)ncc(NC(=O)c2ccccc2)c1=O. The number of benzene rings is 2. The monoisotopic (exact) mass is 427 g/mol. The van der Waals surface area contributed by atoms with Crippen LogP contribution in [0.1, 0.15) is 10.4 Å². The fourth-order valence-electron chi connectivity index (χ4n) is 2.50. The topological polar surface area (TPSA) is 101 Å². The maximum absolute atomic E-state index is 12.8. The van der Waals surface area contributed by atoms with Crippen LogP contribution in [-0.2, 0) is 11.3 Å². The number of carboxylic acid groups (broad SMARTS) is 1. The third-order valence-electron chi connectivity index (χ3n) is 3.71. The molecular weight excluding hydrogens is 414 g/mol. The third kappa shape index (κ3) is 4.29. The molecular formula is C19H14BrN3O4. The minimum Gasteiger partial charge on any atom is -0.480 e. The number of carbonyl (C=O) groups excluding carboxylic acids is 1. The van der Waals surface area contributed by atoms with Crippen LogP contribution in [0.4, 0.5) is 5.69 Å². The number of nitrogens with zero attached hydrogens (tertiary/aromatic N) is 2. The number of carboxylic acids is 1. The van der Waals surface area contributed by atoms with Gasteiger partial charge in [0.2, 0.25) is 0 Å². The highest BCUT2D eigenvalue weighted by molar-refractivity contribution is 9.10. The molecule has 3 aromatic rings. The van der Waals surface area contributed by atoms with E-state index in [2.05, 4.69) is 26.2 Å². The van der Waals surface area contributed by atoms with Crippen LogP contribution in [0.5, 0.6) is 0 Å². The number of halogens is 1. The highest BCUT2D eigenvalue weighted by atomic mass is 79.9.